The molecule has 1 aromatic rings. The van der Waals surface area contributed by atoms with Crippen LogP contribution in [0.1, 0.15) is 6.92 Å². The van der Waals surface area contributed by atoms with Crippen molar-refractivity contribution in [3.63, 3.8) is 0 Å². The second-order valence-corrected chi connectivity index (χ2v) is 4.27. The molecule has 0 saturated carbocycles. The Bertz CT molecular complexity index is 384. The van der Waals surface area contributed by atoms with Crippen LogP contribution in [0.15, 0.2) is 18.2 Å². The highest BCUT2D eigenvalue weighted by atomic mass is 35.5. The standard InChI is InChI=1S/C10H10Cl3NO2/c1-6(5-11)16-10(15)14-9-4-7(12)2-3-8(9)13/h2-4,6H,5H2,1H3,(H,14,15). The van der Waals surface area contributed by atoms with E-state index in [9.17, 15) is 4.79 Å². The molecule has 0 aliphatic carbocycles. The Balaban J connectivity index is 2.65. The summed E-state index contributed by atoms with van der Waals surface area (Å²) in [5.41, 5.74) is 0.404. The van der Waals surface area contributed by atoms with Gasteiger partial charge in [-0.3, -0.25) is 5.32 Å². The summed E-state index contributed by atoms with van der Waals surface area (Å²) in [4.78, 5) is 11.4. The van der Waals surface area contributed by atoms with Crippen molar-refractivity contribution in [1.29, 1.82) is 0 Å². The van der Waals surface area contributed by atoms with Crippen molar-refractivity contribution in [1.82, 2.24) is 0 Å². The lowest BCUT2D eigenvalue weighted by Gasteiger charge is -2.12. The molecule has 1 amide bonds. The molecule has 16 heavy (non-hydrogen) atoms. The lowest BCUT2D eigenvalue weighted by Crippen LogP contribution is -2.21. The molecule has 0 spiro atoms. The summed E-state index contributed by atoms with van der Waals surface area (Å²) in [6, 6.07) is 4.75. The van der Waals surface area contributed by atoms with E-state index in [1.54, 1.807) is 19.1 Å². The van der Waals surface area contributed by atoms with Gasteiger partial charge < -0.3 is 4.74 Å². The first-order valence-electron chi connectivity index (χ1n) is 4.51. The third-order valence-electron chi connectivity index (χ3n) is 1.69. The quantitative estimate of drug-likeness (QED) is 0.845. The minimum Gasteiger partial charge on any atom is -0.445 e. The normalized spacial score (nSPS) is 12.0. The van der Waals surface area contributed by atoms with Crippen molar-refractivity contribution in [2.75, 3.05) is 11.2 Å². The molecule has 0 aliphatic rings. The van der Waals surface area contributed by atoms with E-state index in [1.165, 1.54) is 6.07 Å². The topological polar surface area (TPSA) is 38.3 Å². The number of carbonyl (C=O) groups excluding carboxylic acids is 1. The Morgan fingerprint density at radius 2 is 2.19 bits per heavy atom. The van der Waals surface area contributed by atoms with Crippen molar-refractivity contribution in [3.8, 4) is 0 Å². The van der Waals surface area contributed by atoms with Gasteiger partial charge in [-0.1, -0.05) is 23.2 Å². The van der Waals surface area contributed by atoms with E-state index < -0.39 is 6.09 Å². The summed E-state index contributed by atoms with van der Waals surface area (Å²) in [7, 11) is 0. The van der Waals surface area contributed by atoms with Crippen LogP contribution < -0.4 is 5.32 Å². The zero-order chi connectivity index (χ0) is 12.1. The fraction of sp³-hybridized carbons (Fsp3) is 0.300. The molecular weight excluding hydrogens is 272 g/mol. The van der Waals surface area contributed by atoms with E-state index in [-0.39, 0.29) is 12.0 Å². The number of benzene rings is 1. The molecule has 0 bridgehead atoms. The highest BCUT2D eigenvalue weighted by molar-refractivity contribution is 6.35. The number of hydrogen-bond donors (Lipinski definition) is 1. The molecule has 1 N–H and O–H groups in total. The van der Waals surface area contributed by atoms with E-state index in [0.29, 0.717) is 15.7 Å². The number of hydrogen-bond acceptors (Lipinski definition) is 2. The van der Waals surface area contributed by atoms with Crippen LogP contribution in [0.5, 0.6) is 0 Å². The van der Waals surface area contributed by atoms with Crippen LogP contribution in [0.25, 0.3) is 0 Å². The fourth-order valence-corrected chi connectivity index (χ4v) is 1.35. The van der Waals surface area contributed by atoms with Crippen molar-refractivity contribution in [3.05, 3.63) is 28.2 Å². The third kappa shape index (κ3) is 4.08. The fourth-order valence-electron chi connectivity index (χ4n) is 0.947. The smallest absolute Gasteiger partial charge is 0.411 e. The van der Waals surface area contributed by atoms with Gasteiger partial charge in [0.2, 0.25) is 0 Å². The zero-order valence-corrected chi connectivity index (χ0v) is 10.7. The SMILES string of the molecule is CC(CCl)OC(=O)Nc1cc(Cl)ccc1Cl. The molecule has 1 unspecified atom stereocenters. The predicted octanol–water partition coefficient (Wildman–Crippen LogP) is 4.17. The number of carbonyl (C=O) groups is 1. The summed E-state index contributed by atoms with van der Waals surface area (Å²) in [6.07, 6.45) is -0.975. The van der Waals surface area contributed by atoms with E-state index in [0.717, 1.165) is 0 Å². The van der Waals surface area contributed by atoms with Crippen molar-refractivity contribution in [2.24, 2.45) is 0 Å². The van der Waals surface area contributed by atoms with Gasteiger partial charge in [0.05, 0.1) is 16.6 Å². The van der Waals surface area contributed by atoms with Crippen molar-refractivity contribution < 1.29 is 9.53 Å². The predicted molar refractivity (Wildman–Crippen MR) is 66.7 cm³/mol. The van der Waals surface area contributed by atoms with E-state index in [1.807, 2.05) is 0 Å². The van der Waals surface area contributed by atoms with Gasteiger partial charge in [-0.15, -0.1) is 11.6 Å². The van der Waals surface area contributed by atoms with Crippen molar-refractivity contribution in [2.45, 2.75) is 13.0 Å². The molecule has 0 saturated heterocycles. The maximum Gasteiger partial charge on any atom is 0.411 e. The molecule has 0 radical (unpaired) electrons. The first-order valence-corrected chi connectivity index (χ1v) is 5.80. The van der Waals surface area contributed by atoms with Gasteiger partial charge in [0.25, 0.3) is 0 Å². The zero-order valence-electron chi connectivity index (χ0n) is 8.47. The van der Waals surface area contributed by atoms with Crippen LogP contribution in [-0.4, -0.2) is 18.1 Å². The van der Waals surface area contributed by atoms with Crippen LogP contribution >= 0.6 is 34.8 Å². The number of alkyl halides is 1. The molecule has 0 aromatic heterocycles. The van der Waals surface area contributed by atoms with Crippen LogP contribution in [0, 0.1) is 0 Å². The number of amides is 1. The molecule has 1 aromatic carbocycles. The average molecular weight is 283 g/mol. The third-order valence-corrected chi connectivity index (χ3v) is 2.69. The molecule has 6 heteroatoms. The largest absolute Gasteiger partial charge is 0.445 e. The molecule has 0 aliphatic heterocycles. The molecule has 0 heterocycles. The summed E-state index contributed by atoms with van der Waals surface area (Å²) in [5.74, 6) is 0.233. The highest BCUT2D eigenvalue weighted by Crippen LogP contribution is 2.25. The number of ether oxygens (including phenoxy) is 1. The summed E-state index contributed by atoms with van der Waals surface area (Å²) in [5, 5.41) is 3.35. The van der Waals surface area contributed by atoms with Gasteiger partial charge in [0, 0.05) is 5.02 Å². The first kappa shape index (κ1) is 13.4. The number of halogens is 3. The Hall–Kier alpha value is -0.640. The number of rotatable bonds is 3. The van der Waals surface area contributed by atoms with E-state index >= 15 is 0 Å². The summed E-state index contributed by atoms with van der Waals surface area (Å²) in [6.45, 7) is 1.69. The van der Waals surface area contributed by atoms with Crippen LogP contribution in [0.4, 0.5) is 10.5 Å². The van der Waals surface area contributed by atoms with Gasteiger partial charge in [0.1, 0.15) is 6.10 Å². The lowest BCUT2D eigenvalue weighted by atomic mass is 10.3. The maximum atomic E-state index is 11.4. The van der Waals surface area contributed by atoms with E-state index in [4.69, 9.17) is 39.5 Å². The minimum absolute atomic E-state index is 0.233. The number of anilines is 1. The highest BCUT2D eigenvalue weighted by Gasteiger charge is 2.10. The van der Waals surface area contributed by atoms with Crippen LogP contribution in [0.3, 0.4) is 0 Å². The number of nitrogens with one attached hydrogen (secondary N) is 1. The molecule has 3 nitrogen and oxygen atoms in total. The Kier molecular flexibility index (Phi) is 5.19. The Labute approximate surface area is 109 Å². The van der Waals surface area contributed by atoms with Gasteiger partial charge in [-0.2, -0.15) is 0 Å². The molecule has 1 atom stereocenters. The lowest BCUT2D eigenvalue weighted by molar-refractivity contribution is 0.131. The van der Waals surface area contributed by atoms with Crippen LogP contribution in [0.2, 0.25) is 10.0 Å². The van der Waals surface area contributed by atoms with Gasteiger partial charge in [0.15, 0.2) is 0 Å². The Morgan fingerprint density at radius 3 is 2.81 bits per heavy atom. The second kappa shape index (κ2) is 6.18. The van der Waals surface area contributed by atoms with Crippen molar-refractivity contribution >= 4 is 46.6 Å². The molecule has 1 rings (SSSR count). The molecule has 0 fully saturated rings. The molecule has 88 valence electrons. The summed E-state index contributed by atoms with van der Waals surface area (Å²) < 4.78 is 4.91. The molecular formula is C10H10Cl3NO2. The average Bonchev–Trinajstić information content (AvgIpc) is 2.23. The summed E-state index contributed by atoms with van der Waals surface area (Å²) >= 11 is 17.1. The van der Waals surface area contributed by atoms with Gasteiger partial charge in [-0.25, -0.2) is 4.79 Å². The monoisotopic (exact) mass is 281 g/mol. The van der Waals surface area contributed by atoms with Gasteiger partial charge >= 0.3 is 6.09 Å². The second-order valence-electron chi connectivity index (χ2n) is 3.12. The van der Waals surface area contributed by atoms with Crippen LogP contribution in [-0.2, 0) is 4.74 Å². The maximum absolute atomic E-state index is 11.4. The first-order chi connectivity index (χ1) is 7.52. The Morgan fingerprint density at radius 1 is 1.50 bits per heavy atom. The minimum atomic E-state index is -0.614. The van der Waals surface area contributed by atoms with Gasteiger partial charge in [-0.05, 0) is 25.1 Å². The van der Waals surface area contributed by atoms with E-state index in [2.05, 4.69) is 5.32 Å².